The zero-order valence-electron chi connectivity index (χ0n) is 12.6. The van der Waals surface area contributed by atoms with E-state index in [1.54, 1.807) is 0 Å². The fourth-order valence-electron chi connectivity index (χ4n) is 2.86. The summed E-state index contributed by atoms with van der Waals surface area (Å²) in [5, 5.41) is 2.99. The number of nitrogens with zero attached hydrogens (tertiary/aromatic N) is 1. The second-order valence-corrected chi connectivity index (χ2v) is 6.43. The van der Waals surface area contributed by atoms with Gasteiger partial charge in [0.1, 0.15) is 0 Å². The van der Waals surface area contributed by atoms with E-state index in [-0.39, 0.29) is 17.9 Å². The van der Waals surface area contributed by atoms with E-state index in [0.717, 1.165) is 12.8 Å². The molecule has 1 aliphatic heterocycles. The Balaban J connectivity index is 1.60. The molecule has 1 N–H and O–H groups in total. The maximum absolute atomic E-state index is 12.2. The molecule has 1 saturated carbocycles. The van der Waals surface area contributed by atoms with Gasteiger partial charge in [-0.15, -0.1) is 0 Å². The maximum Gasteiger partial charge on any atom is 0.251 e. The monoisotopic (exact) mass is 286 g/mol. The summed E-state index contributed by atoms with van der Waals surface area (Å²) in [7, 11) is 0. The third-order valence-corrected chi connectivity index (χ3v) is 4.32. The number of hydrogen-bond donors (Lipinski definition) is 1. The van der Waals surface area contributed by atoms with Crippen LogP contribution >= 0.6 is 0 Å². The smallest absolute Gasteiger partial charge is 0.251 e. The van der Waals surface area contributed by atoms with Gasteiger partial charge in [0.15, 0.2) is 0 Å². The van der Waals surface area contributed by atoms with Gasteiger partial charge in [-0.1, -0.05) is 26.0 Å². The van der Waals surface area contributed by atoms with Crippen LogP contribution in [-0.2, 0) is 4.79 Å². The lowest BCUT2D eigenvalue weighted by Gasteiger charge is -2.16. The Hall–Kier alpha value is -1.84. The number of amides is 2. The normalized spacial score (nSPS) is 22.0. The highest BCUT2D eigenvalue weighted by Crippen LogP contribution is 2.30. The summed E-state index contributed by atoms with van der Waals surface area (Å²) in [6.45, 7) is 4.93. The quantitative estimate of drug-likeness (QED) is 0.923. The number of hydrogen-bond acceptors (Lipinski definition) is 2. The van der Waals surface area contributed by atoms with Crippen LogP contribution in [0.15, 0.2) is 24.3 Å². The molecule has 1 unspecified atom stereocenters. The molecule has 3 rings (SSSR count). The van der Waals surface area contributed by atoms with Gasteiger partial charge in [-0.2, -0.15) is 0 Å². The SMILES string of the molecule is CC(C)c1ccc(C(=O)NC2CC(=O)N(C3CC3)C2)cc1. The molecule has 0 bridgehead atoms. The average Bonchev–Trinajstić information content (AvgIpc) is 3.23. The minimum Gasteiger partial charge on any atom is -0.347 e. The van der Waals surface area contributed by atoms with Crippen LogP contribution in [0.25, 0.3) is 0 Å². The van der Waals surface area contributed by atoms with Crippen molar-refractivity contribution < 1.29 is 9.59 Å². The Morgan fingerprint density at radius 2 is 1.90 bits per heavy atom. The predicted octanol–water partition coefficient (Wildman–Crippen LogP) is 2.30. The van der Waals surface area contributed by atoms with Crippen molar-refractivity contribution >= 4 is 11.8 Å². The molecule has 1 heterocycles. The summed E-state index contributed by atoms with van der Waals surface area (Å²) < 4.78 is 0. The van der Waals surface area contributed by atoms with Crippen molar-refractivity contribution in [3.05, 3.63) is 35.4 Å². The number of likely N-dealkylation sites (tertiary alicyclic amines) is 1. The van der Waals surface area contributed by atoms with E-state index in [0.29, 0.717) is 30.5 Å². The Bertz CT molecular complexity index is 546. The zero-order valence-corrected chi connectivity index (χ0v) is 12.6. The Morgan fingerprint density at radius 1 is 1.24 bits per heavy atom. The van der Waals surface area contributed by atoms with E-state index >= 15 is 0 Å². The van der Waals surface area contributed by atoms with E-state index in [2.05, 4.69) is 19.2 Å². The van der Waals surface area contributed by atoms with Crippen molar-refractivity contribution in [1.29, 1.82) is 0 Å². The highest BCUT2D eigenvalue weighted by Gasteiger charge is 2.39. The molecule has 0 radical (unpaired) electrons. The minimum absolute atomic E-state index is 0.0459. The summed E-state index contributed by atoms with van der Waals surface area (Å²) in [5.74, 6) is 0.556. The summed E-state index contributed by atoms with van der Waals surface area (Å²) in [5.41, 5.74) is 1.89. The Kier molecular flexibility index (Phi) is 3.70. The third-order valence-electron chi connectivity index (χ3n) is 4.32. The van der Waals surface area contributed by atoms with E-state index in [1.807, 2.05) is 29.2 Å². The average molecular weight is 286 g/mol. The molecular formula is C17H22N2O2. The molecule has 2 amide bonds. The van der Waals surface area contributed by atoms with E-state index in [4.69, 9.17) is 0 Å². The van der Waals surface area contributed by atoms with Crippen molar-refractivity contribution in [2.24, 2.45) is 0 Å². The first-order chi connectivity index (χ1) is 10.0. The summed E-state index contributed by atoms with van der Waals surface area (Å²) in [6, 6.07) is 8.10. The standard InChI is InChI=1S/C17H22N2O2/c1-11(2)12-3-5-13(6-4-12)17(21)18-14-9-16(20)19(10-14)15-7-8-15/h3-6,11,14-15H,7-10H2,1-2H3,(H,18,21). The van der Waals surface area contributed by atoms with Crippen molar-refractivity contribution in [1.82, 2.24) is 10.2 Å². The van der Waals surface area contributed by atoms with Gasteiger partial charge in [-0.05, 0) is 36.5 Å². The molecule has 21 heavy (non-hydrogen) atoms. The third kappa shape index (κ3) is 3.09. The molecule has 4 heteroatoms. The van der Waals surface area contributed by atoms with Crippen LogP contribution < -0.4 is 5.32 Å². The van der Waals surface area contributed by atoms with Gasteiger partial charge in [0.2, 0.25) is 5.91 Å². The topological polar surface area (TPSA) is 49.4 Å². The van der Waals surface area contributed by atoms with Crippen LogP contribution in [0.3, 0.4) is 0 Å². The van der Waals surface area contributed by atoms with Gasteiger partial charge >= 0.3 is 0 Å². The summed E-state index contributed by atoms with van der Waals surface area (Å²) >= 11 is 0. The summed E-state index contributed by atoms with van der Waals surface area (Å²) in [6.07, 6.45) is 2.67. The highest BCUT2D eigenvalue weighted by atomic mass is 16.2. The molecule has 1 aromatic carbocycles. The van der Waals surface area contributed by atoms with Crippen LogP contribution in [0.5, 0.6) is 0 Å². The number of carbonyl (C=O) groups excluding carboxylic acids is 2. The van der Waals surface area contributed by atoms with E-state index < -0.39 is 0 Å². The van der Waals surface area contributed by atoms with Gasteiger partial charge in [0.25, 0.3) is 5.91 Å². The first-order valence-corrected chi connectivity index (χ1v) is 7.75. The van der Waals surface area contributed by atoms with Crippen molar-refractivity contribution in [3.63, 3.8) is 0 Å². The van der Waals surface area contributed by atoms with Crippen molar-refractivity contribution in [3.8, 4) is 0 Å². The molecule has 1 aliphatic carbocycles. The first-order valence-electron chi connectivity index (χ1n) is 7.75. The Morgan fingerprint density at radius 3 is 2.48 bits per heavy atom. The molecule has 0 aromatic heterocycles. The molecule has 1 atom stereocenters. The van der Waals surface area contributed by atoms with Crippen LogP contribution in [-0.4, -0.2) is 35.3 Å². The van der Waals surface area contributed by atoms with Crippen LogP contribution in [0.4, 0.5) is 0 Å². The lowest BCUT2D eigenvalue weighted by atomic mass is 10.0. The van der Waals surface area contributed by atoms with Gasteiger partial charge in [-0.25, -0.2) is 0 Å². The predicted molar refractivity (Wildman–Crippen MR) is 81.1 cm³/mol. The lowest BCUT2D eigenvalue weighted by Crippen LogP contribution is -2.37. The first kappa shape index (κ1) is 14.1. The number of benzene rings is 1. The maximum atomic E-state index is 12.2. The number of nitrogens with one attached hydrogen (secondary N) is 1. The van der Waals surface area contributed by atoms with Crippen LogP contribution in [0.2, 0.25) is 0 Å². The van der Waals surface area contributed by atoms with Gasteiger partial charge in [-0.3, -0.25) is 9.59 Å². The molecule has 112 valence electrons. The van der Waals surface area contributed by atoms with Crippen molar-refractivity contribution in [2.45, 2.75) is 51.1 Å². The Labute approximate surface area is 125 Å². The van der Waals surface area contributed by atoms with Crippen molar-refractivity contribution in [2.75, 3.05) is 6.54 Å². The van der Waals surface area contributed by atoms with E-state index in [9.17, 15) is 9.59 Å². The second kappa shape index (κ2) is 5.51. The number of rotatable bonds is 4. The highest BCUT2D eigenvalue weighted by molar-refractivity contribution is 5.95. The van der Waals surface area contributed by atoms with Gasteiger partial charge in [0, 0.05) is 24.6 Å². The van der Waals surface area contributed by atoms with E-state index in [1.165, 1.54) is 5.56 Å². The molecule has 1 aromatic rings. The van der Waals surface area contributed by atoms with Crippen LogP contribution in [0.1, 0.15) is 54.9 Å². The van der Waals surface area contributed by atoms with Gasteiger partial charge in [0.05, 0.1) is 6.04 Å². The largest absolute Gasteiger partial charge is 0.347 e. The molecule has 1 saturated heterocycles. The fourth-order valence-corrected chi connectivity index (χ4v) is 2.86. The molecule has 4 nitrogen and oxygen atoms in total. The molecule has 2 aliphatic rings. The second-order valence-electron chi connectivity index (χ2n) is 6.43. The molecular weight excluding hydrogens is 264 g/mol. The molecule has 2 fully saturated rings. The fraction of sp³-hybridized carbons (Fsp3) is 0.529. The van der Waals surface area contributed by atoms with Crippen LogP contribution in [0, 0.1) is 0 Å². The zero-order chi connectivity index (χ0) is 15.0. The lowest BCUT2D eigenvalue weighted by molar-refractivity contribution is -0.128. The minimum atomic E-state index is -0.0826. The van der Waals surface area contributed by atoms with Gasteiger partial charge < -0.3 is 10.2 Å². The number of carbonyl (C=O) groups is 2. The summed E-state index contributed by atoms with van der Waals surface area (Å²) in [4.78, 5) is 26.0. The molecule has 0 spiro atoms.